The molecule has 0 bridgehead atoms. The van der Waals surface area contributed by atoms with Crippen LogP contribution in [0.1, 0.15) is 13.8 Å². The van der Waals surface area contributed by atoms with Crippen molar-refractivity contribution in [3.05, 3.63) is 0 Å². The van der Waals surface area contributed by atoms with Gasteiger partial charge in [0.2, 0.25) is 0 Å². The molecule has 0 N–H and O–H groups in total. The second-order valence-corrected chi connectivity index (χ2v) is 1.83. The van der Waals surface area contributed by atoms with Crippen LogP contribution >= 0.6 is 0 Å². The lowest BCUT2D eigenvalue weighted by Gasteiger charge is -2.06. The van der Waals surface area contributed by atoms with Gasteiger partial charge in [0.05, 0.1) is 0 Å². The molecule has 0 radical (unpaired) electrons. The number of methoxy groups -OCH3 is 1. The second kappa shape index (κ2) is 4.47. The number of hydrogen-bond donors (Lipinski definition) is 0. The van der Waals surface area contributed by atoms with Gasteiger partial charge >= 0.3 is 0 Å². The summed E-state index contributed by atoms with van der Waals surface area (Å²) in [4.78, 5) is 10.5. The van der Waals surface area contributed by atoms with Crippen molar-refractivity contribution in [2.45, 2.75) is 20.0 Å². The fraction of sp³-hybridized carbons (Fsp3) is 0.833. The maximum absolute atomic E-state index is 10.5. The second-order valence-electron chi connectivity index (χ2n) is 1.83. The molecule has 54 valence electrons. The molecular formula is C6H12O3. The molecule has 0 fully saturated rings. The van der Waals surface area contributed by atoms with E-state index in [1.54, 1.807) is 6.92 Å². The highest BCUT2D eigenvalue weighted by Gasteiger charge is 2.05. The topological polar surface area (TPSA) is 35.5 Å². The molecule has 1 atom stereocenters. The molecule has 0 aliphatic carbocycles. The van der Waals surface area contributed by atoms with E-state index in [1.165, 1.54) is 14.0 Å². The van der Waals surface area contributed by atoms with Gasteiger partial charge in [0.25, 0.3) is 0 Å². The zero-order valence-corrected chi connectivity index (χ0v) is 6.01. The van der Waals surface area contributed by atoms with Crippen LogP contribution in [0.15, 0.2) is 0 Å². The Hall–Kier alpha value is -0.410. The van der Waals surface area contributed by atoms with E-state index in [0.717, 1.165) is 0 Å². The van der Waals surface area contributed by atoms with E-state index in [4.69, 9.17) is 4.74 Å². The molecule has 9 heavy (non-hydrogen) atoms. The predicted octanol–water partition coefficient (Wildman–Crippen LogP) is 0.584. The first kappa shape index (κ1) is 8.59. The fourth-order valence-corrected chi connectivity index (χ4v) is 0.287. The van der Waals surface area contributed by atoms with Crippen molar-refractivity contribution in [2.24, 2.45) is 0 Å². The van der Waals surface area contributed by atoms with Crippen molar-refractivity contribution in [3.63, 3.8) is 0 Å². The van der Waals surface area contributed by atoms with Crippen LogP contribution in [0.3, 0.4) is 0 Å². The highest BCUT2D eigenvalue weighted by molar-refractivity contribution is 5.79. The summed E-state index contributed by atoms with van der Waals surface area (Å²) in [6, 6.07) is 0. The Morgan fingerprint density at radius 1 is 1.67 bits per heavy atom. The summed E-state index contributed by atoms with van der Waals surface area (Å²) in [7, 11) is 1.52. The molecule has 0 aromatic rings. The van der Waals surface area contributed by atoms with Crippen molar-refractivity contribution in [3.8, 4) is 0 Å². The Morgan fingerprint density at radius 2 is 2.22 bits per heavy atom. The van der Waals surface area contributed by atoms with E-state index in [0.29, 0.717) is 0 Å². The Kier molecular flexibility index (Phi) is 4.26. The van der Waals surface area contributed by atoms with Crippen LogP contribution in [0.4, 0.5) is 0 Å². The summed E-state index contributed by atoms with van der Waals surface area (Å²) < 4.78 is 9.47. The van der Waals surface area contributed by atoms with E-state index in [9.17, 15) is 4.79 Å². The van der Waals surface area contributed by atoms with Crippen LogP contribution in [-0.2, 0) is 14.3 Å². The van der Waals surface area contributed by atoms with Crippen LogP contribution in [0.2, 0.25) is 0 Å². The molecule has 0 saturated carbocycles. The fourth-order valence-electron chi connectivity index (χ4n) is 0.287. The molecule has 0 saturated heterocycles. The number of ether oxygens (including phenoxy) is 2. The molecular weight excluding hydrogens is 120 g/mol. The van der Waals surface area contributed by atoms with Crippen molar-refractivity contribution in [1.29, 1.82) is 0 Å². The lowest BCUT2D eigenvalue weighted by molar-refractivity contribution is -0.135. The van der Waals surface area contributed by atoms with E-state index in [1.807, 2.05) is 0 Å². The van der Waals surface area contributed by atoms with Gasteiger partial charge in [-0.15, -0.1) is 0 Å². The molecule has 0 spiro atoms. The van der Waals surface area contributed by atoms with E-state index in [2.05, 4.69) is 4.74 Å². The minimum absolute atomic E-state index is 0.0204. The largest absolute Gasteiger partial charge is 0.359 e. The third kappa shape index (κ3) is 4.12. The Bertz CT molecular complexity index is 90.3. The predicted molar refractivity (Wildman–Crippen MR) is 33.1 cm³/mol. The summed E-state index contributed by atoms with van der Waals surface area (Å²) in [5.41, 5.74) is 0. The number of carbonyl (C=O) groups is 1. The SMILES string of the molecule is COCO[C@@H](C)C(C)=O. The molecule has 0 rings (SSSR count). The van der Waals surface area contributed by atoms with Gasteiger partial charge in [0.15, 0.2) is 5.78 Å². The zero-order valence-electron chi connectivity index (χ0n) is 6.01. The molecule has 0 aromatic carbocycles. The van der Waals surface area contributed by atoms with Crippen LogP contribution in [0, 0.1) is 0 Å². The maximum atomic E-state index is 10.5. The molecule has 0 aliphatic rings. The third-order valence-electron chi connectivity index (χ3n) is 1.01. The smallest absolute Gasteiger partial charge is 0.158 e. The highest BCUT2D eigenvalue weighted by atomic mass is 16.7. The Morgan fingerprint density at radius 3 is 2.56 bits per heavy atom. The minimum atomic E-state index is -0.343. The lowest BCUT2D eigenvalue weighted by atomic mass is 10.3. The summed E-state index contributed by atoms with van der Waals surface area (Å²) >= 11 is 0. The van der Waals surface area contributed by atoms with Crippen molar-refractivity contribution in [2.75, 3.05) is 13.9 Å². The summed E-state index contributed by atoms with van der Waals surface area (Å²) in [5, 5.41) is 0. The van der Waals surface area contributed by atoms with Crippen LogP contribution in [-0.4, -0.2) is 25.8 Å². The highest BCUT2D eigenvalue weighted by Crippen LogP contribution is 1.90. The average molecular weight is 132 g/mol. The van der Waals surface area contributed by atoms with Crippen molar-refractivity contribution < 1.29 is 14.3 Å². The van der Waals surface area contributed by atoms with Gasteiger partial charge in [0, 0.05) is 7.11 Å². The molecule has 0 amide bonds. The molecule has 0 aliphatic heterocycles. The van der Waals surface area contributed by atoms with Gasteiger partial charge in [-0.05, 0) is 13.8 Å². The molecule has 3 nitrogen and oxygen atoms in total. The van der Waals surface area contributed by atoms with Gasteiger partial charge in [-0.25, -0.2) is 0 Å². The van der Waals surface area contributed by atoms with E-state index in [-0.39, 0.29) is 18.7 Å². The Labute approximate surface area is 55.0 Å². The maximum Gasteiger partial charge on any atom is 0.158 e. The zero-order chi connectivity index (χ0) is 7.28. The van der Waals surface area contributed by atoms with Crippen molar-refractivity contribution >= 4 is 5.78 Å². The van der Waals surface area contributed by atoms with Gasteiger partial charge in [0.1, 0.15) is 12.9 Å². The number of rotatable bonds is 4. The first-order valence-electron chi connectivity index (χ1n) is 2.79. The van der Waals surface area contributed by atoms with E-state index < -0.39 is 0 Å². The standard InChI is InChI=1S/C6H12O3/c1-5(7)6(2)9-4-8-3/h6H,4H2,1-3H3/t6-/m0/s1. The monoisotopic (exact) mass is 132 g/mol. The number of Topliss-reactive ketones (excluding diaryl/α,β-unsaturated/α-hetero) is 1. The molecule has 3 heteroatoms. The first-order valence-corrected chi connectivity index (χ1v) is 2.79. The third-order valence-corrected chi connectivity index (χ3v) is 1.01. The van der Waals surface area contributed by atoms with Crippen molar-refractivity contribution in [1.82, 2.24) is 0 Å². The summed E-state index contributed by atoms with van der Waals surface area (Å²) in [6.07, 6.45) is -0.343. The van der Waals surface area contributed by atoms with Gasteiger partial charge in [-0.2, -0.15) is 0 Å². The number of carbonyl (C=O) groups excluding carboxylic acids is 1. The van der Waals surface area contributed by atoms with E-state index >= 15 is 0 Å². The van der Waals surface area contributed by atoms with Crippen LogP contribution < -0.4 is 0 Å². The quantitative estimate of drug-likeness (QED) is 0.525. The van der Waals surface area contributed by atoms with Gasteiger partial charge in [-0.1, -0.05) is 0 Å². The number of ketones is 1. The first-order chi connectivity index (χ1) is 4.18. The normalized spacial score (nSPS) is 13.2. The van der Waals surface area contributed by atoms with Crippen LogP contribution in [0.5, 0.6) is 0 Å². The molecule has 0 unspecified atom stereocenters. The van der Waals surface area contributed by atoms with Crippen LogP contribution in [0.25, 0.3) is 0 Å². The average Bonchev–Trinajstić information content (AvgIpc) is 1.82. The minimum Gasteiger partial charge on any atom is -0.359 e. The lowest BCUT2D eigenvalue weighted by Crippen LogP contribution is -2.18. The van der Waals surface area contributed by atoms with Gasteiger partial charge < -0.3 is 9.47 Å². The molecule has 0 heterocycles. The molecule has 0 aromatic heterocycles. The summed E-state index contributed by atoms with van der Waals surface area (Å²) in [6.45, 7) is 3.36. The number of hydrogen-bond acceptors (Lipinski definition) is 3. The summed E-state index contributed by atoms with van der Waals surface area (Å²) in [5.74, 6) is 0.0204. The Balaban J connectivity index is 3.27. The van der Waals surface area contributed by atoms with Gasteiger partial charge in [-0.3, -0.25) is 4.79 Å².